The first-order valence-electron chi connectivity index (χ1n) is 11.7. The van der Waals surface area contributed by atoms with E-state index in [1.807, 2.05) is 34.9 Å². The Hall–Kier alpha value is -5.04. The van der Waals surface area contributed by atoms with Gasteiger partial charge < -0.3 is 14.4 Å². The van der Waals surface area contributed by atoms with E-state index in [-0.39, 0.29) is 29.5 Å². The molecular formula is C30H20N2O5. The number of hydrogen-bond acceptors (Lipinski definition) is 5. The summed E-state index contributed by atoms with van der Waals surface area (Å²) in [7, 11) is 0. The third kappa shape index (κ3) is 3.87. The van der Waals surface area contributed by atoms with E-state index in [2.05, 4.69) is 0 Å². The number of carbonyl (C=O) groups is 3. The van der Waals surface area contributed by atoms with Crippen LogP contribution in [0.5, 0.6) is 5.75 Å². The second-order valence-corrected chi connectivity index (χ2v) is 8.78. The lowest BCUT2D eigenvalue weighted by molar-refractivity contribution is 0.0691. The second kappa shape index (κ2) is 8.87. The van der Waals surface area contributed by atoms with E-state index < -0.39 is 5.97 Å². The number of imidazole rings is 1. The number of rotatable bonds is 6. The molecule has 1 aromatic heterocycles. The van der Waals surface area contributed by atoms with Crippen molar-refractivity contribution in [3.05, 3.63) is 130 Å². The predicted molar refractivity (Wildman–Crippen MR) is 136 cm³/mol. The summed E-state index contributed by atoms with van der Waals surface area (Å²) in [6, 6.07) is 26.3. The number of aromatic carboxylic acids is 1. The van der Waals surface area contributed by atoms with Gasteiger partial charge in [0.05, 0.1) is 11.0 Å². The molecule has 0 spiro atoms. The van der Waals surface area contributed by atoms with Crippen LogP contribution in [0.25, 0.3) is 11.0 Å². The third-order valence-corrected chi connectivity index (χ3v) is 6.54. The molecule has 7 heteroatoms. The van der Waals surface area contributed by atoms with Gasteiger partial charge in [-0.15, -0.1) is 0 Å². The monoisotopic (exact) mass is 488 g/mol. The van der Waals surface area contributed by atoms with Crippen LogP contribution in [-0.4, -0.2) is 32.2 Å². The number of para-hydroxylation sites is 3. The molecule has 0 fully saturated rings. The van der Waals surface area contributed by atoms with Crippen LogP contribution in [0, 0.1) is 0 Å². The maximum Gasteiger partial charge on any atom is 0.339 e. The molecule has 0 unspecified atom stereocenters. The van der Waals surface area contributed by atoms with E-state index in [9.17, 15) is 19.5 Å². The first kappa shape index (κ1) is 22.4. The predicted octanol–water partition coefficient (Wildman–Crippen LogP) is 5.14. The molecule has 4 aromatic carbocycles. The highest BCUT2D eigenvalue weighted by Gasteiger charge is 2.29. The van der Waals surface area contributed by atoms with Crippen molar-refractivity contribution in [3.8, 4) is 5.75 Å². The Kier molecular flexibility index (Phi) is 5.38. The van der Waals surface area contributed by atoms with Crippen LogP contribution in [0.1, 0.15) is 53.6 Å². The van der Waals surface area contributed by atoms with Crippen LogP contribution in [0.2, 0.25) is 0 Å². The molecule has 6 rings (SSSR count). The van der Waals surface area contributed by atoms with Gasteiger partial charge in [0.15, 0.2) is 11.6 Å². The first-order chi connectivity index (χ1) is 18.0. The van der Waals surface area contributed by atoms with E-state index in [4.69, 9.17) is 9.72 Å². The molecule has 0 bridgehead atoms. The van der Waals surface area contributed by atoms with Crippen molar-refractivity contribution in [1.29, 1.82) is 0 Å². The van der Waals surface area contributed by atoms with Gasteiger partial charge in [-0.1, -0.05) is 54.6 Å². The molecule has 5 aromatic rings. The number of benzene rings is 4. The largest absolute Gasteiger partial charge is 0.485 e. The van der Waals surface area contributed by atoms with Crippen molar-refractivity contribution in [1.82, 2.24) is 9.55 Å². The highest BCUT2D eigenvalue weighted by atomic mass is 16.5. The lowest BCUT2D eigenvalue weighted by atomic mass is 9.83. The van der Waals surface area contributed by atoms with Gasteiger partial charge in [-0.05, 0) is 42.0 Å². The number of hydrogen-bond donors (Lipinski definition) is 1. The van der Waals surface area contributed by atoms with Crippen LogP contribution >= 0.6 is 0 Å². The molecule has 0 aliphatic heterocycles. The summed E-state index contributed by atoms with van der Waals surface area (Å²) in [6.07, 6.45) is 0. The number of nitrogens with zero attached hydrogens (tertiary/aromatic N) is 2. The van der Waals surface area contributed by atoms with E-state index in [1.54, 1.807) is 54.6 Å². The normalized spacial score (nSPS) is 12.3. The van der Waals surface area contributed by atoms with E-state index >= 15 is 0 Å². The number of carboxylic acids is 1. The molecule has 1 aliphatic carbocycles. The number of fused-ring (bicyclic) bond motifs is 3. The second-order valence-electron chi connectivity index (χ2n) is 8.78. The first-order valence-corrected chi connectivity index (χ1v) is 11.7. The van der Waals surface area contributed by atoms with Crippen molar-refractivity contribution in [3.63, 3.8) is 0 Å². The third-order valence-electron chi connectivity index (χ3n) is 6.54. The fourth-order valence-electron chi connectivity index (χ4n) is 4.75. The van der Waals surface area contributed by atoms with Gasteiger partial charge in [0.25, 0.3) is 0 Å². The van der Waals surface area contributed by atoms with Crippen LogP contribution in [0.15, 0.2) is 91.0 Å². The Morgan fingerprint density at radius 3 is 2.22 bits per heavy atom. The Morgan fingerprint density at radius 2 is 1.43 bits per heavy atom. The minimum atomic E-state index is -1.07. The molecule has 1 aliphatic rings. The minimum Gasteiger partial charge on any atom is -0.485 e. The summed E-state index contributed by atoms with van der Waals surface area (Å²) in [6.45, 7) is 0.435. The summed E-state index contributed by atoms with van der Waals surface area (Å²) < 4.78 is 7.87. The molecule has 0 saturated carbocycles. The van der Waals surface area contributed by atoms with E-state index in [0.29, 0.717) is 34.6 Å². The maximum absolute atomic E-state index is 13.2. The van der Waals surface area contributed by atoms with Crippen LogP contribution in [0.3, 0.4) is 0 Å². The fourth-order valence-corrected chi connectivity index (χ4v) is 4.75. The molecule has 180 valence electrons. The molecule has 37 heavy (non-hydrogen) atoms. The van der Waals surface area contributed by atoms with Gasteiger partial charge in [0.1, 0.15) is 23.7 Å². The summed E-state index contributed by atoms with van der Waals surface area (Å²) in [5, 5.41) is 9.47. The number of ketones is 2. The van der Waals surface area contributed by atoms with Crippen LogP contribution in [0.4, 0.5) is 0 Å². The fraction of sp³-hybridized carbons (Fsp3) is 0.0667. The number of carbonyl (C=O) groups excluding carboxylic acids is 2. The Morgan fingerprint density at radius 1 is 0.784 bits per heavy atom. The van der Waals surface area contributed by atoms with Crippen molar-refractivity contribution in [2.24, 2.45) is 0 Å². The van der Waals surface area contributed by atoms with Crippen molar-refractivity contribution < 1.29 is 24.2 Å². The van der Waals surface area contributed by atoms with E-state index in [1.165, 1.54) is 6.07 Å². The molecule has 0 saturated heterocycles. The number of carboxylic acid groups (broad SMARTS) is 1. The Bertz CT molecular complexity index is 1730. The highest BCUT2D eigenvalue weighted by Crippen LogP contribution is 2.29. The maximum atomic E-state index is 13.2. The number of aromatic nitrogens is 2. The van der Waals surface area contributed by atoms with E-state index in [0.717, 1.165) is 16.6 Å². The van der Waals surface area contributed by atoms with Crippen molar-refractivity contribution in [2.75, 3.05) is 0 Å². The zero-order valence-electron chi connectivity index (χ0n) is 19.5. The van der Waals surface area contributed by atoms with Gasteiger partial charge in [-0.2, -0.15) is 0 Å². The average Bonchev–Trinajstić information content (AvgIpc) is 3.27. The molecule has 0 radical (unpaired) electrons. The summed E-state index contributed by atoms with van der Waals surface area (Å²) in [5.74, 6) is -0.539. The van der Waals surface area contributed by atoms with Gasteiger partial charge in [0, 0.05) is 28.8 Å². The Balaban J connectivity index is 1.36. The lowest BCUT2D eigenvalue weighted by Crippen LogP contribution is -2.21. The molecule has 0 amide bonds. The Labute approximate surface area is 211 Å². The smallest absolute Gasteiger partial charge is 0.339 e. The topological polar surface area (TPSA) is 98.5 Å². The molecular weight excluding hydrogens is 468 g/mol. The SMILES string of the molecule is O=C(O)c1ccccc1OCc1nc2ccccc2n1Cc1ccc2c(c1)C(=O)c1ccccc1C2=O. The molecule has 1 heterocycles. The number of ether oxygens (including phenoxy) is 1. The molecule has 7 nitrogen and oxygen atoms in total. The lowest BCUT2D eigenvalue weighted by Gasteiger charge is -2.18. The van der Waals surface area contributed by atoms with Gasteiger partial charge >= 0.3 is 5.97 Å². The van der Waals surface area contributed by atoms with Crippen LogP contribution in [-0.2, 0) is 13.2 Å². The van der Waals surface area contributed by atoms with Crippen LogP contribution < -0.4 is 4.74 Å². The van der Waals surface area contributed by atoms with Gasteiger partial charge in [-0.3, -0.25) is 9.59 Å². The zero-order valence-corrected chi connectivity index (χ0v) is 19.5. The standard InChI is InChI=1S/C30H20N2O5/c33-28-19-7-1-2-8-20(19)29(34)23-15-18(13-14-21(23)28)16-32-25-11-5-4-10-24(25)31-27(32)17-37-26-12-6-3-9-22(26)30(35)36/h1-15H,16-17H2,(H,35,36). The summed E-state index contributed by atoms with van der Waals surface area (Å²) in [5.41, 5.74) is 4.17. The van der Waals surface area contributed by atoms with Crippen molar-refractivity contribution >= 4 is 28.6 Å². The van der Waals surface area contributed by atoms with Gasteiger partial charge in [0.2, 0.25) is 0 Å². The molecule has 1 N–H and O–H groups in total. The van der Waals surface area contributed by atoms with Crippen molar-refractivity contribution in [2.45, 2.75) is 13.2 Å². The minimum absolute atomic E-state index is 0.0503. The quantitative estimate of drug-likeness (QED) is 0.349. The van der Waals surface area contributed by atoms with Gasteiger partial charge in [-0.25, -0.2) is 9.78 Å². The summed E-state index contributed by atoms with van der Waals surface area (Å²) >= 11 is 0. The average molecular weight is 488 g/mol. The molecule has 0 atom stereocenters. The highest BCUT2D eigenvalue weighted by molar-refractivity contribution is 6.28. The summed E-state index contributed by atoms with van der Waals surface area (Å²) in [4.78, 5) is 42.5. The zero-order chi connectivity index (χ0) is 25.5.